The monoisotopic (exact) mass is 507 g/mol. The number of carbonyl (C=O) groups excluding carboxylic acids is 1. The maximum Gasteiger partial charge on any atom is 0.314 e. The van der Waals surface area contributed by atoms with Crippen LogP contribution in [0.5, 0.6) is 0 Å². The van der Waals surface area contributed by atoms with Gasteiger partial charge in [0.2, 0.25) is 0 Å². The van der Waals surface area contributed by atoms with E-state index in [0.29, 0.717) is 31.3 Å². The zero-order chi connectivity index (χ0) is 19.3. The zero-order valence-electron chi connectivity index (χ0n) is 17.4. The molecule has 1 heterocycles. The molecular formula is C20H38IN5O2. The number of aliphatic imine (C=N–C) groups is 1. The zero-order valence-corrected chi connectivity index (χ0v) is 19.7. The molecule has 0 aromatic rings. The number of nitrogens with one attached hydrogen (secondary N) is 2. The summed E-state index contributed by atoms with van der Waals surface area (Å²) in [6, 6.07) is 0.464. The maximum absolute atomic E-state index is 11.3. The van der Waals surface area contributed by atoms with Crippen molar-refractivity contribution >= 4 is 36.0 Å². The number of carbonyl (C=O) groups is 1. The van der Waals surface area contributed by atoms with Crippen molar-refractivity contribution in [3.8, 4) is 0 Å². The van der Waals surface area contributed by atoms with Gasteiger partial charge < -0.3 is 26.0 Å². The molecule has 4 N–H and O–H groups in total. The molecule has 2 saturated carbocycles. The van der Waals surface area contributed by atoms with Gasteiger partial charge in [-0.1, -0.05) is 19.3 Å². The van der Waals surface area contributed by atoms with Gasteiger partial charge in [0.05, 0.1) is 6.10 Å². The number of hydrogen-bond donors (Lipinski definition) is 3. The fourth-order valence-electron chi connectivity index (χ4n) is 5.16. The van der Waals surface area contributed by atoms with Crippen LogP contribution >= 0.6 is 24.0 Å². The molecule has 162 valence electrons. The summed E-state index contributed by atoms with van der Waals surface area (Å²) >= 11 is 0. The second-order valence-corrected chi connectivity index (χ2v) is 8.24. The minimum Gasteiger partial charge on any atom is -0.378 e. The normalized spacial score (nSPS) is 27.6. The van der Waals surface area contributed by atoms with Gasteiger partial charge in [-0.15, -0.1) is 24.0 Å². The van der Waals surface area contributed by atoms with Gasteiger partial charge in [0.15, 0.2) is 5.96 Å². The number of piperidine rings is 1. The molecule has 1 spiro atoms. The molecule has 2 unspecified atom stereocenters. The summed E-state index contributed by atoms with van der Waals surface area (Å²) in [7, 11) is 0. The summed E-state index contributed by atoms with van der Waals surface area (Å²) in [6.07, 6.45) is 9.75. The van der Waals surface area contributed by atoms with Crippen LogP contribution in [0, 0.1) is 5.41 Å². The van der Waals surface area contributed by atoms with Crippen LogP contribution in [0.1, 0.15) is 65.2 Å². The van der Waals surface area contributed by atoms with Crippen molar-refractivity contribution in [1.29, 1.82) is 0 Å². The molecule has 1 aliphatic heterocycles. The van der Waals surface area contributed by atoms with E-state index in [-0.39, 0.29) is 35.4 Å². The number of nitrogens with two attached hydrogens (primary N) is 1. The van der Waals surface area contributed by atoms with Gasteiger partial charge in [0, 0.05) is 43.7 Å². The lowest BCUT2D eigenvalue weighted by Gasteiger charge is -2.58. The molecule has 7 nitrogen and oxygen atoms in total. The molecule has 2 aliphatic carbocycles. The number of nitrogens with zero attached hydrogens (tertiary/aromatic N) is 2. The summed E-state index contributed by atoms with van der Waals surface area (Å²) in [4.78, 5) is 17.7. The summed E-state index contributed by atoms with van der Waals surface area (Å²) in [5, 5.41) is 7.34. The highest BCUT2D eigenvalue weighted by Gasteiger charge is 2.55. The number of halogens is 1. The molecule has 8 heteroatoms. The molecule has 3 aliphatic rings. The lowest BCUT2D eigenvalue weighted by Crippen LogP contribution is -2.67. The average Bonchev–Trinajstić information content (AvgIpc) is 2.68. The van der Waals surface area contributed by atoms with Gasteiger partial charge in [-0.2, -0.15) is 0 Å². The molecular weight excluding hydrogens is 469 g/mol. The van der Waals surface area contributed by atoms with Gasteiger partial charge in [-0.3, -0.25) is 4.99 Å². The SMILES string of the molecule is CCN=C(NC1CCN(C(N)=O)CC1)NC1CC(OCC)C12CCCCC2.I. The quantitative estimate of drug-likeness (QED) is 0.303. The minimum absolute atomic E-state index is 0. The Kier molecular flexibility index (Phi) is 9.11. The smallest absolute Gasteiger partial charge is 0.314 e. The molecule has 3 rings (SSSR count). The average molecular weight is 507 g/mol. The molecule has 0 aromatic carbocycles. The van der Waals surface area contributed by atoms with Crippen LogP contribution in [0.4, 0.5) is 4.79 Å². The predicted molar refractivity (Wildman–Crippen MR) is 123 cm³/mol. The molecule has 2 atom stereocenters. The van der Waals surface area contributed by atoms with Gasteiger partial charge >= 0.3 is 6.03 Å². The summed E-state index contributed by atoms with van der Waals surface area (Å²) in [6.45, 7) is 7.15. The highest BCUT2D eigenvalue weighted by molar-refractivity contribution is 14.0. The Balaban J connectivity index is 0.00000280. The number of amides is 2. The summed E-state index contributed by atoms with van der Waals surface area (Å²) < 4.78 is 6.08. The van der Waals surface area contributed by atoms with E-state index in [1.807, 2.05) is 0 Å². The van der Waals surface area contributed by atoms with Crippen LogP contribution in [-0.2, 0) is 4.74 Å². The van der Waals surface area contributed by atoms with E-state index in [9.17, 15) is 4.79 Å². The van der Waals surface area contributed by atoms with Crippen LogP contribution < -0.4 is 16.4 Å². The van der Waals surface area contributed by atoms with Crippen LogP contribution in [0.15, 0.2) is 4.99 Å². The Labute approximate surface area is 186 Å². The number of primary amides is 1. The van der Waals surface area contributed by atoms with Gasteiger partial charge in [0.1, 0.15) is 0 Å². The van der Waals surface area contributed by atoms with Crippen LogP contribution in [0.3, 0.4) is 0 Å². The van der Waals surface area contributed by atoms with Crippen molar-refractivity contribution in [1.82, 2.24) is 15.5 Å². The Hall–Kier alpha value is -0.770. The van der Waals surface area contributed by atoms with Crippen molar-refractivity contribution in [2.24, 2.45) is 16.1 Å². The van der Waals surface area contributed by atoms with E-state index in [1.54, 1.807) is 4.90 Å². The first-order valence-electron chi connectivity index (χ1n) is 10.8. The van der Waals surface area contributed by atoms with Crippen molar-refractivity contribution in [2.45, 2.75) is 83.4 Å². The molecule has 0 radical (unpaired) electrons. The number of rotatable bonds is 5. The first kappa shape index (κ1) is 23.5. The van der Waals surface area contributed by atoms with Crippen LogP contribution in [0.25, 0.3) is 0 Å². The Morgan fingerprint density at radius 3 is 2.43 bits per heavy atom. The standard InChI is InChI=1S/C20H37N5O2.HI/c1-3-22-19(23-15-8-12-25(13-9-15)18(21)26)24-16-14-17(27-4-2)20(16)10-6-5-7-11-20;/h15-17H,3-14H2,1-2H3,(H2,21,26)(H2,22,23,24);1H. The van der Waals surface area contributed by atoms with E-state index < -0.39 is 0 Å². The number of urea groups is 1. The largest absolute Gasteiger partial charge is 0.378 e. The van der Waals surface area contributed by atoms with Crippen molar-refractivity contribution < 1.29 is 9.53 Å². The molecule has 0 bridgehead atoms. The van der Waals surface area contributed by atoms with E-state index in [1.165, 1.54) is 32.1 Å². The van der Waals surface area contributed by atoms with Crippen molar-refractivity contribution in [3.05, 3.63) is 0 Å². The van der Waals surface area contributed by atoms with E-state index in [2.05, 4.69) is 24.5 Å². The topological polar surface area (TPSA) is 92.0 Å². The highest BCUT2D eigenvalue weighted by atomic mass is 127. The van der Waals surface area contributed by atoms with Crippen LogP contribution in [0.2, 0.25) is 0 Å². The van der Waals surface area contributed by atoms with Crippen molar-refractivity contribution in [2.75, 3.05) is 26.2 Å². The van der Waals surface area contributed by atoms with Crippen LogP contribution in [-0.4, -0.2) is 61.3 Å². The van der Waals surface area contributed by atoms with Crippen molar-refractivity contribution in [3.63, 3.8) is 0 Å². The Bertz CT molecular complexity index is 531. The first-order chi connectivity index (χ1) is 13.1. The Morgan fingerprint density at radius 2 is 1.86 bits per heavy atom. The third-order valence-electron chi connectivity index (χ3n) is 6.71. The summed E-state index contributed by atoms with van der Waals surface area (Å²) in [5.41, 5.74) is 5.67. The molecule has 0 aromatic heterocycles. The summed E-state index contributed by atoms with van der Waals surface area (Å²) in [5.74, 6) is 0.917. The number of likely N-dealkylation sites (tertiary alicyclic amines) is 1. The fraction of sp³-hybridized carbons (Fsp3) is 0.900. The lowest BCUT2D eigenvalue weighted by atomic mass is 9.55. The second kappa shape index (κ2) is 10.8. The van der Waals surface area contributed by atoms with E-state index >= 15 is 0 Å². The fourth-order valence-corrected chi connectivity index (χ4v) is 5.16. The van der Waals surface area contributed by atoms with Gasteiger partial charge in [-0.25, -0.2) is 4.79 Å². The molecule has 1 saturated heterocycles. The minimum atomic E-state index is -0.315. The number of hydrogen-bond acceptors (Lipinski definition) is 3. The van der Waals surface area contributed by atoms with E-state index in [4.69, 9.17) is 15.5 Å². The highest BCUT2D eigenvalue weighted by Crippen LogP contribution is 2.53. The molecule has 28 heavy (non-hydrogen) atoms. The van der Waals surface area contributed by atoms with Gasteiger partial charge in [-0.05, 0) is 46.0 Å². The van der Waals surface area contributed by atoms with E-state index in [0.717, 1.165) is 38.4 Å². The molecule has 3 fully saturated rings. The molecule has 2 amide bonds. The van der Waals surface area contributed by atoms with Gasteiger partial charge in [0.25, 0.3) is 0 Å². The second-order valence-electron chi connectivity index (χ2n) is 8.24. The maximum atomic E-state index is 11.3. The Morgan fingerprint density at radius 1 is 1.18 bits per heavy atom. The number of guanidine groups is 1. The lowest BCUT2D eigenvalue weighted by molar-refractivity contribution is -0.145. The first-order valence-corrected chi connectivity index (χ1v) is 10.8. The third-order valence-corrected chi connectivity index (χ3v) is 6.71. The number of ether oxygens (including phenoxy) is 1. The predicted octanol–water partition coefficient (Wildman–Crippen LogP) is 2.83. The third kappa shape index (κ3) is 5.23.